The van der Waals surface area contributed by atoms with Crippen molar-refractivity contribution < 1.29 is 4.92 Å². The molecule has 0 spiro atoms. The molecule has 1 saturated heterocycles. The summed E-state index contributed by atoms with van der Waals surface area (Å²) in [6.07, 6.45) is 3.05. The Morgan fingerprint density at radius 3 is 3.07 bits per heavy atom. The molecule has 0 aliphatic carbocycles. The van der Waals surface area contributed by atoms with Gasteiger partial charge in [-0.2, -0.15) is 0 Å². The minimum atomic E-state index is -0.260. The van der Waals surface area contributed by atoms with Crippen LogP contribution < -0.4 is 5.32 Å². The Hall–Kier alpha value is -1.42. The van der Waals surface area contributed by atoms with E-state index in [1.165, 1.54) is 0 Å². The summed E-state index contributed by atoms with van der Waals surface area (Å²) in [4.78, 5) is 10.6. The van der Waals surface area contributed by atoms with Gasteiger partial charge in [0.2, 0.25) is 0 Å². The zero-order valence-electron chi connectivity index (χ0n) is 8.27. The first-order chi connectivity index (χ1) is 7.25. The summed E-state index contributed by atoms with van der Waals surface area (Å²) in [5.41, 5.74) is 2.39. The van der Waals surface area contributed by atoms with Crippen LogP contribution >= 0.6 is 0 Å². The highest BCUT2D eigenvalue weighted by Crippen LogP contribution is 2.39. The maximum atomic E-state index is 10.9. The lowest BCUT2D eigenvalue weighted by atomic mass is 9.94. The van der Waals surface area contributed by atoms with Gasteiger partial charge in [-0.25, -0.2) is 0 Å². The second-order valence-corrected chi connectivity index (χ2v) is 4.30. The number of nitrogens with zero attached hydrogens (tertiary/aromatic N) is 1. The molecule has 4 heteroatoms. The van der Waals surface area contributed by atoms with Gasteiger partial charge in [-0.3, -0.25) is 10.1 Å². The average molecular weight is 204 g/mol. The summed E-state index contributed by atoms with van der Waals surface area (Å²) in [6.45, 7) is 0. The summed E-state index contributed by atoms with van der Waals surface area (Å²) in [5.74, 6) is 0. The number of hydrogen-bond donors (Lipinski definition) is 1. The highest BCUT2D eigenvalue weighted by molar-refractivity contribution is 5.49. The normalized spacial score (nSPS) is 27.5. The van der Waals surface area contributed by atoms with Gasteiger partial charge in [-0.1, -0.05) is 12.1 Å². The maximum absolute atomic E-state index is 10.9. The van der Waals surface area contributed by atoms with Crippen LogP contribution in [0, 0.1) is 10.1 Å². The lowest BCUT2D eigenvalue weighted by Gasteiger charge is -2.24. The third kappa shape index (κ3) is 1.25. The summed E-state index contributed by atoms with van der Waals surface area (Å²) >= 11 is 0. The fourth-order valence-electron chi connectivity index (χ4n) is 2.78. The van der Waals surface area contributed by atoms with Crippen molar-refractivity contribution in [2.24, 2.45) is 0 Å². The van der Waals surface area contributed by atoms with E-state index in [0.29, 0.717) is 17.8 Å². The van der Waals surface area contributed by atoms with Crippen molar-refractivity contribution in [2.75, 3.05) is 0 Å². The molecule has 3 rings (SSSR count). The van der Waals surface area contributed by atoms with Crippen LogP contribution in [0.2, 0.25) is 0 Å². The quantitative estimate of drug-likeness (QED) is 0.561. The van der Waals surface area contributed by atoms with Crippen molar-refractivity contribution in [1.29, 1.82) is 0 Å². The SMILES string of the molecule is O=[N+]([O-])c1cccc2c1CC1CCC2N1. The molecule has 2 heterocycles. The van der Waals surface area contributed by atoms with E-state index in [0.717, 1.165) is 30.4 Å². The largest absolute Gasteiger partial charge is 0.307 e. The van der Waals surface area contributed by atoms with Crippen LogP contribution in [0.1, 0.15) is 30.0 Å². The highest BCUT2D eigenvalue weighted by atomic mass is 16.6. The summed E-state index contributed by atoms with van der Waals surface area (Å²) in [7, 11) is 0. The van der Waals surface area contributed by atoms with Crippen molar-refractivity contribution in [3.63, 3.8) is 0 Å². The number of hydrogen-bond acceptors (Lipinski definition) is 3. The van der Waals surface area contributed by atoms with Gasteiger partial charge < -0.3 is 5.32 Å². The molecule has 0 aromatic heterocycles. The molecule has 0 radical (unpaired) electrons. The Bertz CT molecular complexity index is 431. The third-order valence-corrected chi connectivity index (χ3v) is 3.45. The number of fused-ring (bicyclic) bond motifs is 4. The van der Waals surface area contributed by atoms with Crippen LogP contribution in [0.15, 0.2) is 18.2 Å². The number of nitro groups is 1. The molecule has 1 fully saturated rings. The highest BCUT2D eigenvalue weighted by Gasteiger charge is 2.35. The first-order valence-corrected chi connectivity index (χ1v) is 5.28. The van der Waals surface area contributed by atoms with E-state index in [-0.39, 0.29) is 4.92 Å². The summed E-state index contributed by atoms with van der Waals surface area (Å²) < 4.78 is 0. The predicted octanol–water partition coefficient (Wildman–Crippen LogP) is 1.94. The van der Waals surface area contributed by atoms with Crippen LogP contribution in [0.25, 0.3) is 0 Å². The molecule has 15 heavy (non-hydrogen) atoms. The molecule has 1 aromatic carbocycles. The number of benzene rings is 1. The van der Waals surface area contributed by atoms with E-state index in [2.05, 4.69) is 5.32 Å². The Labute approximate surface area is 87.4 Å². The zero-order chi connectivity index (χ0) is 10.4. The third-order valence-electron chi connectivity index (χ3n) is 3.45. The van der Waals surface area contributed by atoms with Crippen LogP contribution in [-0.2, 0) is 6.42 Å². The average Bonchev–Trinajstić information content (AvgIpc) is 2.60. The molecule has 4 nitrogen and oxygen atoms in total. The van der Waals surface area contributed by atoms with Crippen molar-refractivity contribution in [2.45, 2.75) is 31.3 Å². The Balaban J connectivity index is 2.16. The van der Waals surface area contributed by atoms with Crippen molar-refractivity contribution >= 4 is 5.69 Å². The van der Waals surface area contributed by atoms with Gasteiger partial charge in [0.25, 0.3) is 5.69 Å². The lowest BCUT2D eigenvalue weighted by Crippen LogP contribution is -2.32. The monoisotopic (exact) mass is 204 g/mol. The fraction of sp³-hybridized carbons (Fsp3) is 0.455. The van der Waals surface area contributed by atoms with Gasteiger partial charge >= 0.3 is 0 Å². The van der Waals surface area contributed by atoms with Gasteiger partial charge in [0.15, 0.2) is 0 Å². The molecule has 2 bridgehead atoms. The second-order valence-electron chi connectivity index (χ2n) is 4.30. The van der Waals surface area contributed by atoms with Gasteiger partial charge in [-0.15, -0.1) is 0 Å². The Morgan fingerprint density at radius 2 is 2.27 bits per heavy atom. The fourth-order valence-corrected chi connectivity index (χ4v) is 2.78. The smallest absolute Gasteiger partial charge is 0.272 e. The van der Waals surface area contributed by atoms with Gasteiger partial charge in [-0.05, 0) is 24.8 Å². The maximum Gasteiger partial charge on any atom is 0.272 e. The summed E-state index contributed by atoms with van der Waals surface area (Å²) in [6, 6.07) is 6.21. The Kier molecular flexibility index (Phi) is 1.79. The van der Waals surface area contributed by atoms with Gasteiger partial charge in [0.1, 0.15) is 0 Å². The molecule has 2 atom stereocenters. The number of nitrogens with one attached hydrogen (secondary N) is 1. The molecule has 2 unspecified atom stereocenters. The van der Waals surface area contributed by atoms with E-state index >= 15 is 0 Å². The summed E-state index contributed by atoms with van der Waals surface area (Å²) in [5, 5.41) is 14.4. The molecule has 2 aliphatic rings. The van der Waals surface area contributed by atoms with E-state index in [4.69, 9.17) is 0 Å². The first-order valence-electron chi connectivity index (χ1n) is 5.28. The van der Waals surface area contributed by atoms with Crippen LogP contribution in [0.3, 0.4) is 0 Å². The molecule has 78 valence electrons. The van der Waals surface area contributed by atoms with E-state index in [9.17, 15) is 10.1 Å². The lowest BCUT2D eigenvalue weighted by molar-refractivity contribution is -0.385. The number of rotatable bonds is 1. The minimum absolute atomic E-state index is 0.260. The zero-order valence-corrected chi connectivity index (χ0v) is 8.27. The first kappa shape index (κ1) is 8.85. The van der Waals surface area contributed by atoms with Crippen LogP contribution in [0.5, 0.6) is 0 Å². The van der Waals surface area contributed by atoms with Crippen molar-refractivity contribution in [3.05, 3.63) is 39.4 Å². The van der Waals surface area contributed by atoms with Crippen LogP contribution in [0.4, 0.5) is 5.69 Å². The number of nitro benzene ring substituents is 1. The van der Waals surface area contributed by atoms with E-state index in [1.807, 2.05) is 6.07 Å². The minimum Gasteiger partial charge on any atom is -0.307 e. The topological polar surface area (TPSA) is 55.2 Å². The molecule has 1 aromatic rings. The Morgan fingerprint density at radius 1 is 1.40 bits per heavy atom. The molecule has 1 N–H and O–H groups in total. The molecular weight excluding hydrogens is 192 g/mol. The molecule has 2 aliphatic heterocycles. The van der Waals surface area contributed by atoms with Gasteiger partial charge in [0.05, 0.1) is 4.92 Å². The van der Waals surface area contributed by atoms with Crippen molar-refractivity contribution in [1.82, 2.24) is 5.32 Å². The van der Waals surface area contributed by atoms with Crippen molar-refractivity contribution in [3.8, 4) is 0 Å². The second kappa shape index (κ2) is 3.03. The molecular formula is C11H12N2O2. The predicted molar refractivity (Wildman–Crippen MR) is 55.7 cm³/mol. The standard InChI is InChI=1S/C11H12N2O2/c14-13(15)11-3-1-2-8-9(11)6-7-4-5-10(8)12-7/h1-3,7,10,12H,4-6H2. The molecule has 0 amide bonds. The van der Waals surface area contributed by atoms with E-state index in [1.54, 1.807) is 12.1 Å². The van der Waals surface area contributed by atoms with Gasteiger partial charge in [0, 0.05) is 23.7 Å². The molecule has 0 saturated carbocycles. The van der Waals surface area contributed by atoms with Crippen LogP contribution in [-0.4, -0.2) is 11.0 Å². The van der Waals surface area contributed by atoms with E-state index < -0.39 is 0 Å².